The minimum atomic E-state index is 0.113. The summed E-state index contributed by atoms with van der Waals surface area (Å²) in [5.74, 6) is 0.742. The van der Waals surface area contributed by atoms with Gasteiger partial charge in [0.2, 0.25) is 0 Å². The van der Waals surface area contributed by atoms with Crippen LogP contribution in [0.5, 0.6) is 0 Å². The second-order valence-electron chi connectivity index (χ2n) is 3.36. The fourth-order valence-corrected chi connectivity index (χ4v) is 1.62. The highest BCUT2D eigenvalue weighted by Crippen LogP contribution is 2.28. The van der Waals surface area contributed by atoms with Gasteiger partial charge in [-0.3, -0.25) is 0 Å². The number of hydrogen-bond donors (Lipinski definition) is 1. The van der Waals surface area contributed by atoms with E-state index in [2.05, 4.69) is 32.7 Å². The van der Waals surface area contributed by atoms with Gasteiger partial charge < -0.3 is 5.73 Å². The molecule has 72 valence electrons. The highest BCUT2D eigenvalue weighted by molar-refractivity contribution is 7.56. The van der Waals surface area contributed by atoms with E-state index in [1.54, 1.807) is 0 Å². The second-order valence-corrected chi connectivity index (χ2v) is 5.89. The Balaban J connectivity index is 3.35. The van der Waals surface area contributed by atoms with Crippen molar-refractivity contribution >= 4 is 7.92 Å². The predicted molar refractivity (Wildman–Crippen MR) is 60.0 cm³/mol. The summed E-state index contributed by atoms with van der Waals surface area (Å²) < 4.78 is 0. The summed E-state index contributed by atoms with van der Waals surface area (Å²) in [7, 11) is 0.113. The van der Waals surface area contributed by atoms with Crippen molar-refractivity contribution in [2.75, 3.05) is 19.1 Å². The van der Waals surface area contributed by atoms with Gasteiger partial charge in [-0.15, -0.1) is 0 Å². The smallest absolute Gasteiger partial charge is 0.0125 e. The van der Waals surface area contributed by atoms with Gasteiger partial charge in [0.1, 0.15) is 0 Å². The predicted octanol–water partition coefficient (Wildman–Crippen LogP) is 3.01. The fourth-order valence-electron chi connectivity index (χ4n) is 0.851. The van der Waals surface area contributed by atoms with Gasteiger partial charge in [-0.25, -0.2) is 0 Å². The van der Waals surface area contributed by atoms with Crippen molar-refractivity contribution in [3.05, 3.63) is 12.2 Å². The molecule has 0 radical (unpaired) electrons. The molecule has 0 aromatic heterocycles. The van der Waals surface area contributed by atoms with Gasteiger partial charge in [-0.05, 0) is 25.2 Å². The topological polar surface area (TPSA) is 26.0 Å². The van der Waals surface area contributed by atoms with Gasteiger partial charge in [0.25, 0.3) is 0 Å². The van der Waals surface area contributed by atoms with E-state index in [-0.39, 0.29) is 7.92 Å². The zero-order chi connectivity index (χ0) is 9.40. The van der Waals surface area contributed by atoms with E-state index >= 15 is 0 Å². The van der Waals surface area contributed by atoms with Crippen molar-refractivity contribution in [1.82, 2.24) is 0 Å². The van der Waals surface area contributed by atoms with Crippen LogP contribution < -0.4 is 5.73 Å². The molecule has 12 heavy (non-hydrogen) atoms. The molecule has 0 aliphatic rings. The van der Waals surface area contributed by atoms with Gasteiger partial charge >= 0.3 is 0 Å². The monoisotopic (exact) mass is 187 g/mol. The molecule has 0 aliphatic heterocycles. The SMILES string of the molecule is CCC(C)/C=C\CCP(C)CN. The zero-order valence-electron chi connectivity index (χ0n) is 8.59. The first kappa shape index (κ1) is 12.1. The van der Waals surface area contributed by atoms with Crippen molar-refractivity contribution in [2.45, 2.75) is 26.7 Å². The largest absolute Gasteiger partial charge is 0.327 e. The van der Waals surface area contributed by atoms with Crippen LogP contribution in [-0.4, -0.2) is 19.1 Å². The minimum absolute atomic E-state index is 0.113. The number of hydrogen-bond acceptors (Lipinski definition) is 1. The Morgan fingerprint density at radius 3 is 2.67 bits per heavy atom. The van der Waals surface area contributed by atoms with Gasteiger partial charge in [0.05, 0.1) is 0 Å². The molecule has 0 aromatic rings. The molecule has 0 aromatic carbocycles. The Hall–Kier alpha value is 0.130. The molecule has 2 N–H and O–H groups in total. The summed E-state index contributed by atoms with van der Waals surface area (Å²) in [6.45, 7) is 6.75. The molecule has 0 rings (SSSR count). The summed E-state index contributed by atoms with van der Waals surface area (Å²) >= 11 is 0. The van der Waals surface area contributed by atoms with Gasteiger partial charge in [-0.2, -0.15) is 0 Å². The van der Waals surface area contributed by atoms with Crippen LogP contribution in [0.4, 0.5) is 0 Å². The molecule has 1 nitrogen and oxygen atoms in total. The first-order valence-corrected chi connectivity index (χ1v) is 6.91. The average molecular weight is 187 g/mol. The van der Waals surface area contributed by atoms with Crippen LogP contribution in [-0.2, 0) is 0 Å². The van der Waals surface area contributed by atoms with E-state index in [1.165, 1.54) is 19.0 Å². The maximum absolute atomic E-state index is 5.54. The van der Waals surface area contributed by atoms with Crippen LogP contribution >= 0.6 is 7.92 Å². The van der Waals surface area contributed by atoms with Crippen LogP contribution in [0.1, 0.15) is 26.7 Å². The summed E-state index contributed by atoms with van der Waals surface area (Å²) in [6.07, 6.45) is 9.26. The Morgan fingerprint density at radius 1 is 1.50 bits per heavy atom. The highest BCUT2D eigenvalue weighted by atomic mass is 31.1. The van der Waals surface area contributed by atoms with Crippen LogP contribution in [0.3, 0.4) is 0 Å². The van der Waals surface area contributed by atoms with Crippen LogP contribution in [0, 0.1) is 5.92 Å². The third-order valence-corrected chi connectivity index (χ3v) is 3.74. The van der Waals surface area contributed by atoms with Crippen LogP contribution in [0.2, 0.25) is 0 Å². The normalized spacial score (nSPS) is 16.7. The van der Waals surface area contributed by atoms with Crippen molar-refractivity contribution < 1.29 is 0 Å². The number of allylic oxidation sites excluding steroid dienone is 2. The Labute approximate surface area is 78.2 Å². The van der Waals surface area contributed by atoms with Crippen molar-refractivity contribution in [2.24, 2.45) is 11.7 Å². The van der Waals surface area contributed by atoms with Crippen molar-refractivity contribution in [3.63, 3.8) is 0 Å². The molecule has 2 atom stereocenters. The molecule has 0 bridgehead atoms. The molecule has 2 heteroatoms. The first-order valence-electron chi connectivity index (χ1n) is 4.76. The summed E-state index contributed by atoms with van der Waals surface area (Å²) in [5.41, 5.74) is 5.54. The van der Waals surface area contributed by atoms with E-state index in [1.807, 2.05) is 0 Å². The van der Waals surface area contributed by atoms with Crippen molar-refractivity contribution in [3.8, 4) is 0 Å². The molecular formula is C10H22NP. The molecule has 2 unspecified atom stereocenters. The number of rotatable bonds is 6. The van der Waals surface area contributed by atoms with Crippen LogP contribution in [0.25, 0.3) is 0 Å². The molecule has 0 amide bonds. The molecule has 0 spiro atoms. The fraction of sp³-hybridized carbons (Fsp3) is 0.800. The third kappa shape index (κ3) is 6.82. The molecular weight excluding hydrogens is 165 g/mol. The summed E-state index contributed by atoms with van der Waals surface area (Å²) in [4.78, 5) is 0. The zero-order valence-corrected chi connectivity index (χ0v) is 9.48. The standard InChI is InChI=1S/C10H22NP/c1-4-10(2)7-5-6-8-12(3)9-11/h5,7,10H,4,6,8-9,11H2,1-3H3/b7-5-. The lowest BCUT2D eigenvalue weighted by Gasteiger charge is -2.06. The van der Waals surface area contributed by atoms with E-state index in [4.69, 9.17) is 5.73 Å². The lowest BCUT2D eigenvalue weighted by Crippen LogP contribution is -1.98. The van der Waals surface area contributed by atoms with E-state index in [0.29, 0.717) is 0 Å². The maximum atomic E-state index is 5.54. The Morgan fingerprint density at radius 2 is 2.17 bits per heavy atom. The van der Waals surface area contributed by atoms with E-state index in [0.717, 1.165) is 12.2 Å². The highest BCUT2D eigenvalue weighted by Gasteiger charge is 1.95. The quantitative estimate of drug-likeness (QED) is 0.502. The lowest BCUT2D eigenvalue weighted by atomic mass is 10.1. The average Bonchev–Trinajstić information content (AvgIpc) is 2.11. The van der Waals surface area contributed by atoms with E-state index in [9.17, 15) is 0 Å². The molecule has 0 aliphatic carbocycles. The minimum Gasteiger partial charge on any atom is -0.327 e. The second kappa shape index (κ2) is 7.76. The molecule has 0 saturated carbocycles. The Bertz CT molecular complexity index is 123. The van der Waals surface area contributed by atoms with Gasteiger partial charge in [0, 0.05) is 6.29 Å². The van der Waals surface area contributed by atoms with Gasteiger partial charge in [0.15, 0.2) is 0 Å². The molecule has 0 fully saturated rings. The summed E-state index contributed by atoms with van der Waals surface area (Å²) in [5, 5.41) is 0. The van der Waals surface area contributed by atoms with E-state index < -0.39 is 0 Å². The van der Waals surface area contributed by atoms with Gasteiger partial charge in [-0.1, -0.05) is 40.3 Å². The molecule has 0 heterocycles. The van der Waals surface area contributed by atoms with Crippen LogP contribution in [0.15, 0.2) is 12.2 Å². The third-order valence-electron chi connectivity index (χ3n) is 2.10. The lowest BCUT2D eigenvalue weighted by molar-refractivity contribution is 0.696. The van der Waals surface area contributed by atoms with Crippen molar-refractivity contribution in [1.29, 1.82) is 0 Å². The molecule has 0 saturated heterocycles. The Kier molecular flexibility index (Phi) is 7.85. The maximum Gasteiger partial charge on any atom is 0.0125 e. The number of nitrogens with two attached hydrogens (primary N) is 1. The first-order chi connectivity index (χ1) is 5.70. The summed E-state index contributed by atoms with van der Waals surface area (Å²) in [6, 6.07) is 0.